The van der Waals surface area contributed by atoms with Gasteiger partial charge in [0, 0.05) is 28.4 Å². The zero-order valence-corrected chi connectivity index (χ0v) is 20.5. The summed E-state index contributed by atoms with van der Waals surface area (Å²) in [7, 11) is 1.60. The molecule has 1 N–H and O–H groups in total. The number of nitriles is 1. The lowest BCUT2D eigenvalue weighted by Gasteiger charge is -2.10. The number of ether oxygens (including phenoxy) is 2. The number of hydrogen-bond acceptors (Lipinski definition) is 6. The molecule has 170 valence electrons. The van der Waals surface area contributed by atoms with Crippen LogP contribution >= 0.6 is 15.9 Å². The number of benzene rings is 3. The van der Waals surface area contributed by atoms with E-state index in [0.29, 0.717) is 24.6 Å². The van der Waals surface area contributed by atoms with Crippen molar-refractivity contribution < 1.29 is 9.47 Å². The van der Waals surface area contributed by atoms with Crippen molar-refractivity contribution in [2.75, 3.05) is 12.5 Å². The molecule has 0 atom stereocenters. The molecule has 0 aliphatic carbocycles. The van der Waals surface area contributed by atoms with Gasteiger partial charge in [0.1, 0.15) is 24.0 Å². The molecule has 0 radical (unpaired) electrons. The lowest BCUT2D eigenvalue weighted by molar-refractivity contribution is 0.184. The fraction of sp³-hybridized carbons (Fsp3) is 0.148. The summed E-state index contributed by atoms with van der Waals surface area (Å²) in [5.41, 5.74) is 6.91. The molecule has 0 aliphatic rings. The summed E-state index contributed by atoms with van der Waals surface area (Å²) in [6.45, 7) is 2.68. The minimum absolute atomic E-state index is 0.330. The summed E-state index contributed by atoms with van der Waals surface area (Å²) < 4.78 is 12.3. The number of anilines is 1. The molecule has 0 unspecified atom stereocenters. The molecule has 7 heteroatoms. The third-order valence-corrected chi connectivity index (χ3v) is 5.75. The van der Waals surface area contributed by atoms with Gasteiger partial charge in [-0.15, -0.1) is 0 Å². The number of fused-ring (bicyclic) bond motifs is 1. The highest BCUT2D eigenvalue weighted by molar-refractivity contribution is 9.10. The molecule has 4 rings (SSSR count). The van der Waals surface area contributed by atoms with Crippen molar-refractivity contribution in [2.24, 2.45) is 5.10 Å². The van der Waals surface area contributed by atoms with Gasteiger partial charge < -0.3 is 9.47 Å². The van der Waals surface area contributed by atoms with E-state index in [1.54, 1.807) is 13.3 Å². The molecule has 0 fully saturated rings. The number of nitrogens with one attached hydrogen (secondary N) is 1. The summed E-state index contributed by atoms with van der Waals surface area (Å²) in [4.78, 5) is 4.43. The van der Waals surface area contributed by atoms with Crippen molar-refractivity contribution in [2.45, 2.75) is 20.1 Å². The van der Waals surface area contributed by atoms with Gasteiger partial charge in [-0.1, -0.05) is 52.3 Å². The Morgan fingerprint density at radius 1 is 1.09 bits per heavy atom. The van der Waals surface area contributed by atoms with Gasteiger partial charge in [-0.2, -0.15) is 10.4 Å². The molecule has 3 aromatic carbocycles. The SMILES string of the molecule is COCc1cc(C)nc(NN=Cc2cccc3ccc(OCc4ccc(Br)cc4)cc23)c1C#N. The maximum Gasteiger partial charge on any atom is 0.164 e. The highest BCUT2D eigenvalue weighted by atomic mass is 79.9. The Balaban J connectivity index is 1.56. The summed E-state index contributed by atoms with van der Waals surface area (Å²) in [6.07, 6.45) is 1.72. The fourth-order valence-electron chi connectivity index (χ4n) is 3.60. The van der Waals surface area contributed by atoms with Crippen LogP contribution in [0.2, 0.25) is 0 Å². The second-order valence-electron chi connectivity index (χ2n) is 7.71. The fourth-order valence-corrected chi connectivity index (χ4v) is 3.87. The van der Waals surface area contributed by atoms with E-state index in [2.05, 4.69) is 37.5 Å². The molecular weight excluding hydrogens is 492 g/mol. The Kier molecular flexibility index (Phi) is 7.53. The molecule has 1 aromatic heterocycles. The van der Waals surface area contributed by atoms with E-state index in [9.17, 15) is 5.26 Å². The maximum atomic E-state index is 9.60. The highest BCUT2D eigenvalue weighted by Gasteiger charge is 2.11. The number of pyridine rings is 1. The molecular formula is C27H23BrN4O2. The van der Waals surface area contributed by atoms with Crippen LogP contribution in [-0.2, 0) is 18.0 Å². The number of aryl methyl sites for hydroxylation is 1. The van der Waals surface area contributed by atoms with Crippen LogP contribution in [-0.4, -0.2) is 18.3 Å². The standard InChI is InChI=1S/C27H23BrN4O2/c1-18-12-22(17-33-2)26(14-29)27(31-18)32-30-15-21-5-3-4-20-8-11-24(13-25(20)21)34-16-19-6-9-23(28)10-7-19/h3-13,15H,16-17H2,1-2H3,(H,31,32). The third kappa shape index (κ3) is 5.60. The van der Waals surface area contributed by atoms with Gasteiger partial charge in [0.05, 0.1) is 12.8 Å². The Bertz CT molecular complexity index is 1380. The zero-order chi connectivity index (χ0) is 23.9. The number of hydrazone groups is 1. The predicted molar refractivity (Wildman–Crippen MR) is 138 cm³/mol. The Labute approximate surface area is 207 Å². The smallest absolute Gasteiger partial charge is 0.164 e. The van der Waals surface area contributed by atoms with Crippen molar-refractivity contribution >= 4 is 38.7 Å². The number of hydrogen-bond donors (Lipinski definition) is 1. The molecule has 4 aromatic rings. The Morgan fingerprint density at radius 3 is 2.68 bits per heavy atom. The van der Waals surface area contributed by atoms with Crippen molar-refractivity contribution in [3.63, 3.8) is 0 Å². The van der Waals surface area contributed by atoms with Crippen molar-refractivity contribution in [1.82, 2.24) is 4.98 Å². The Hall–Kier alpha value is -3.73. The van der Waals surface area contributed by atoms with Gasteiger partial charge in [-0.3, -0.25) is 5.43 Å². The van der Waals surface area contributed by atoms with Gasteiger partial charge in [0.25, 0.3) is 0 Å². The Morgan fingerprint density at radius 2 is 1.91 bits per heavy atom. The summed E-state index contributed by atoms with van der Waals surface area (Å²) >= 11 is 3.45. The predicted octanol–water partition coefficient (Wildman–Crippen LogP) is 6.35. The maximum absolute atomic E-state index is 9.60. The monoisotopic (exact) mass is 514 g/mol. The van der Waals surface area contributed by atoms with E-state index in [1.165, 1.54) is 0 Å². The number of nitrogens with zero attached hydrogens (tertiary/aromatic N) is 3. The molecule has 0 saturated heterocycles. The largest absolute Gasteiger partial charge is 0.489 e. The van der Waals surface area contributed by atoms with Gasteiger partial charge >= 0.3 is 0 Å². The van der Waals surface area contributed by atoms with Gasteiger partial charge in [-0.05, 0) is 53.6 Å². The molecule has 0 saturated carbocycles. The first-order valence-electron chi connectivity index (χ1n) is 10.7. The van der Waals surface area contributed by atoms with E-state index in [1.807, 2.05) is 73.7 Å². The number of methoxy groups -OCH3 is 1. The minimum Gasteiger partial charge on any atom is -0.489 e. The number of aromatic nitrogens is 1. The normalized spacial score (nSPS) is 11.0. The molecule has 6 nitrogen and oxygen atoms in total. The molecule has 34 heavy (non-hydrogen) atoms. The van der Waals surface area contributed by atoms with Gasteiger partial charge in [0.2, 0.25) is 0 Å². The van der Waals surface area contributed by atoms with Crippen molar-refractivity contribution in [1.29, 1.82) is 5.26 Å². The average Bonchev–Trinajstić information content (AvgIpc) is 2.84. The summed E-state index contributed by atoms with van der Waals surface area (Å²) in [6, 6.07) is 24.1. The summed E-state index contributed by atoms with van der Waals surface area (Å²) in [5, 5.41) is 16.1. The van der Waals surface area contributed by atoms with Crippen LogP contribution in [0, 0.1) is 18.3 Å². The van der Waals surface area contributed by atoms with Gasteiger partial charge in [-0.25, -0.2) is 4.98 Å². The lowest BCUT2D eigenvalue weighted by atomic mass is 10.1. The highest BCUT2D eigenvalue weighted by Crippen LogP contribution is 2.25. The number of rotatable bonds is 8. The first-order valence-corrected chi connectivity index (χ1v) is 11.5. The molecule has 1 heterocycles. The average molecular weight is 515 g/mol. The lowest BCUT2D eigenvalue weighted by Crippen LogP contribution is -2.03. The van der Waals surface area contributed by atoms with E-state index >= 15 is 0 Å². The molecule has 0 amide bonds. The van der Waals surface area contributed by atoms with Crippen LogP contribution < -0.4 is 10.2 Å². The van der Waals surface area contributed by atoms with E-state index in [-0.39, 0.29) is 0 Å². The van der Waals surface area contributed by atoms with Crippen molar-refractivity contribution in [3.8, 4) is 11.8 Å². The van der Waals surface area contributed by atoms with Gasteiger partial charge in [0.15, 0.2) is 5.82 Å². The summed E-state index contributed by atoms with van der Waals surface area (Å²) in [5.74, 6) is 1.19. The third-order valence-electron chi connectivity index (χ3n) is 5.22. The second-order valence-corrected chi connectivity index (χ2v) is 8.62. The van der Waals surface area contributed by atoms with Crippen LogP contribution in [0.25, 0.3) is 10.8 Å². The van der Waals surface area contributed by atoms with Crippen molar-refractivity contribution in [3.05, 3.63) is 99.2 Å². The van der Waals surface area contributed by atoms with Crippen LogP contribution in [0.3, 0.4) is 0 Å². The van der Waals surface area contributed by atoms with E-state index < -0.39 is 0 Å². The number of halogens is 1. The minimum atomic E-state index is 0.330. The van der Waals surface area contributed by atoms with E-state index in [0.717, 1.165) is 43.4 Å². The first kappa shape index (κ1) is 23.4. The van der Waals surface area contributed by atoms with E-state index in [4.69, 9.17) is 9.47 Å². The topological polar surface area (TPSA) is 79.5 Å². The zero-order valence-electron chi connectivity index (χ0n) is 18.9. The van der Waals surface area contributed by atoms with Crippen LogP contribution in [0.1, 0.15) is 27.9 Å². The van der Waals surface area contributed by atoms with Crippen LogP contribution in [0.4, 0.5) is 5.82 Å². The molecule has 0 aliphatic heterocycles. The second kappa shape index (κ2) is 10.9. The van der Waals surface area contributed by atoms with Crippen LogP contribution in [0.15, 0.2) is 76.3 Å². The first-order chi connectivity index (χ1) is 16.6. The molecule has 0 spiro atoms. The molecule has 0 bridgehead atoms. The quantitative estimate of drug-likeness (QED) is 0.219. The van der Waals surface area contributed by atoms with Crippen LogP contribution in [0.5, 0.6) is 5.75 Å².